The third-order valence-corrected chi connectivity index (χ3v) is 4.85. The second kappa shape index (κ2) is 8.13. The number of nitrogens with zero attached hydrogens (tertiary/aromatic N) is 4. The van der Waals surface area contributed by atoms with Crippen LogP contribution >= 0.6 is 0 Å². The van der Waals surface area contributed by atoms with E-state index in [4.69, 9.17) is 4.74 Å². The highest BCUT2D eigenvalue weighted by Crippen LogP contribution is 2.24. The van der Waals surface area contributed by atoms with Gasteiger partial charge in [0.05, 0.1) is 12.3 Å². The lowest BCUT2D eigenvalue weighted by molar-refractivity contribution is 0.310. The molecule has 1 N–H and O–H groups in total. The van der Waals surface area contributed by atoms with E-state index >= 15 is 0 Å². The van der Waals surface area contributed by atoms with Gasteiger partial charge in [-0.3, -0.25) is 9.97 Å². The minimum absolute atomic E-state index is 0.507. The molecule has 6 heteroatoms. The molecular formula is C24H19N5O. The molecule has 4 aromatic heterocycles. The maximum Gasteiger partial charge on any atom is 0.217 e. The molecular weight excluding hydrogens is 374 g/mol. The van der Waals surface area contributed by atoms with Gasteiger partial charge in [-0.1, -0.05) is 24.3 Å². The fourth-order valence-corrected chi connectivity index (χ4v) is 3.37. The highest BCUT2D eigenvalue weighted by molar-refractivity contribution is 5.83. The van der Waals surface area contributed by atoms with Crippen LogP contribution in [0.5, 0.6) is 5.88 Å². The molecule has 6 nitrogen and oxygen atoms in total. The van der Waals surface area contributed by atoms with E-state index in [1.807, 2.05) is 54.7 Å². The van der Waals surface area contributed by atoms with E-state index in [-0.39, 0.29) is 0 Å². The van der Waals surface area contributed by atoms with Crippen LogP contribution < -0.4 is 4.74 Å². The minimum atomic E-state index is 0.507. The van der Waals surface area contributed by atoms with Gasteiger partial charge in [-0.25, -0.2) is 4.98 Å². The highest BCUT2D eigenvalue weighted by atomic mass is 16.5. The molecule has 4 heterocycles. The third kappa shape index (κ3) is 3.75. The Kier molecular flexibility index (Phi) is 4.88. The van der Waals surface area contributed by atoms with Crippen molar-refractivity contribution in [2.75, 3.05) is 6.61 Å². The van der Waals surface area contributed by atoms with Gasteiger partial charge in [0.15, 0.2) is 5.82 Å². The van der Waals surface area contributed by atoms with E-state index in [1.165, 1.54) is 10.9 Å². The van der Waals surface area contributed by atoms with E-state index in [2.05, 4.69) is 37.1 Å². The molecule has 0 fully saturated rings. The van der Waals surface area contributed by atoms with E-state index in [1.54, 1.807) is 18.6 Å². The largest absolute Gasteiger partial charge is 0.477 e. The average Bonchev–Trinajstić information content (AvgIpc) is 3.23. The van der Waals surface area contributed by atoms with Crippen molar-refractivity contribution in [1.82, 2.24) is 24.9 Å². The zero-order valence-corrected chi connectivity index (χ0v) is 16.2. The number of aromatic amines is 1. The molecule has 0 amide bonds. The number of hydrogen-bond donors (Lipinski definition) is 1. The number of rotatable bonds is 6. The molecule has 30 heavy (non-hydrogen) atoms. The lowest BCUT2D eigenvalue weighted by atomic mass is 10.1. The lowest BCUT2D eigenvalue weighted by Crippen LogP contribution is -2.04. The second-order valence-corrected chi connectivity index (χ2v) is 6.83. The molecule has 0 saturated carbocycles. The Hall–Kier alpha value is -4.06. The second-order valence-electron chi connectivity index (χ2n) is 6.83. The van der Waals surface area contributed by atoms with Gasteiger partial charge >= 0.3 is 0 Å². The van der Waals surface area contributed by atoms with Crippen LogP contribution in [-0.4, -0.2) is 31.5 Å². The zero-order chi connectivity index (χ0) is 20.2. The Balaban J connectivity index is 1.42. The third-order valence-electron chi connectivity index (χ3n) is 4.85. The fourth-order valence-electron chi connectivity index (χ4n) is 3.37. The molecule has 146 valence electrons. The van der Waals surface area contributed by atoms with Gasteiger partial charge in [0.1, 0.15) is 5.69 Å². The maximum absolute atomic E-state index is 6.04. The summed E-state index contributed by atoms with van der Waals surface area (Å²) in [6.45, 7) is 0.507. The molecule has 0 atom stereocenters. The van der Waals surface area contributed by atoms with Gasteiger partial charge in [-0.15, -0.1) is 0 Å². The Bertz CT molecular complexity index is 1210. The van der Waals surface area contributed by atoms with E-state index < -0.39 is 0 Å². The van der Waals surface area contributed by atoms with Gasteiger partial charge < -0.3 is 9.72 Å². The van der Waals surface area contributed by atoms with Gasteiger partial charge in [0.2, 0.25) is 5.88 Å². The maximum atomic E-state index is 6.04. The van der Waals surface area contributed by atoms with Crippen LogP contribution in [0.3, 0.4) is 0 Å². The van der Waals surface area contributed by atoms with Gasteiger partial charge in [-0.2, -0.15) is 4.98 Å². The van der Waals surface area contributed by atoms with Crippen LogP contribution in [0.1, 0.15) is 5.56 Å². The van der Waals surface area contributed by atoms with Crippen LogP contribution in [0.15, 0.2) is 85.5 Å². The summed E-state index contributed by atoms with van der Waals surface area (Å²) in [7, 11) is 0. The Morgan fingerprint density at radius 1 is 0.867 bits per heavy atom. The SMILES string of the molecule is c1ccc(-c2nc(OCCc3c[nH]c4ccccc34)cc(-c3cccnc3)n2)nc1. The molecule has 0 spiro atoms. The number of fused-ring (bicyclic) bond motifs is 1. The normalized spacial score (nSPS) is 10.9. The van der Waals surface area contributed by atoms with Crippen molar-refractivity contribution in [3.63, 3.8) is 0 Å². The first kappa shape index (κ1) is 18.0. The van der Waals surface area contributed by atoms with Crippen LogP contribution in [0.2, 0.25) is 0 Å². The molecule has 0 aliphatic heterocycles. The number of para-hydroxylation sites is 1. The van der Waals surface area contributed by atoms with Crippen molar-refractivity contribution in [3.05, 3.63) is 91.0 Å². The van der Waals surface area contributed by atoms with Crippen molar-refractivity contribution in [3.8, 4) is 28.7 Å². The van der Waals surface area contributed by atoms with Crippen molar-refractivity contribution in [2.24, 2.45) is 0 Å². The quantitative estimate of drug-likeness (QED) is 0.452. The molecule has 0 bridgehead atoms. The molecule has 5 aromatic rings. The topological polar surface area (TPSA) is 76.6 Å². The molecule has 5 rings (SSSR count). The first-order valence-electron chi connectivity index (χ1n) is 9.75. The predicted molar refractivity (Wildman–Crippen MR) is 116 cm³/mol. The smallest absolute Gasteiger partial charge is 0.217 e. The van der Waals surface area contributed by atoms with Crippen LogP contribution in [0.25, 0.3) is 33.7 Å². The zero-order valence-electron chi connectivity index (χ0n) is 16.2. The van der Waals surface area contributed by atoms with Crippen molar-refractivity contribution in [2.45, 2.75) is 6.42 Å². The number of aromatic nitrogens is 5. The molecule has 1 aromatic carbocycles. The van der Waals surface area contributed by atoms with Crippen LogP contribution in [-0.2, 0) is 6.42 Å². The molecule has 0 radical (unpaired) electrons. The Labute approximate surface area is 173 Å². The Morgan fingerprint density at radius 2 is 1.80 bits per heavy atom. The van der Waals surface area contributed by atoms with E-state index in [0.29, 0.717) is 24.0 Å². The number of pyridine rings is 2. The van der Waals surface area contributed by atoms with E-state index in [9.17, 15) is 0 Å². The molecule has 0 aliphatic rings. The number of hydrogen-bond acceptors (Lipinski definition) is 5. The van der Waals surface area contributed by atoms with Crippen LogP contribution in [0.4, 0.5) is 0 Å². The summed E-state index contributed by atoms with van der Waals surface area (Å²) in [6, 6.07) is 19.6. The van der Waals surface area contributed by atoms with Gasteiger partial charge in [0.25, 0.3) is 0 Å². The standard InChI is InChI=1S/C24H19N5O/c1-2-8-20-19(7-1)17(16-27-20)10-13-30-23-14-22(18-6-5-11-25-15-18)28-24(29-23)21-9-3-4-12-26-21/h1-9,11-12,14-16,27H,10,13H2. The van der Waals surface area contributed by atoms with Crippen molar-refractivity contribution < 1.29 is 4.74 Å². The average molecular weight is 393 g/mol. The predicted octanol–water partition coefficient (Wildman–Crippen LogP) is 4.70. The highest BCUT2D eigenvalue weighted by Gasteiger charge is 2.11. The van der Waals surface area contributed by atoms with Crippen molar-refractivity contribution in [1.29, 1.82) is 0 Å². The monoisotopic (exact) mass is 393 g/mol. The number of nitrogens with one attached hydrogen (secondary N) is 1. The summed E-state index contributed by atoms with van der Waals surface area (Å²) in [5.74, 6) is 1.04. The summed E-state index contributed by atoms with van der Waals surface area (Å²) in [5, 5.41) is 1.22. The first-order chi connectivity index (χ1) is 14.9. The summed E-state index contributed by atoms with van der Waals surface area (Å²) >= 11 is 0. The number of benzene rings is 1. The summed E-state index contributed by atoms with van der Waals surface area (Å²) in [4.78, 5) is 21.1. The van der Waals surface area contributed by atoms with E-state index in [0.717, 1.165) is 23.2 Å². The Morgan fingerprint density at radius 3 is 2.67 bits per heavy atom. The molecule has 0 saturated heterocycles. The van der Waals surface area contributed by atoms with Gasteiger partial charge in [0, 0.05) is 53.7 Å². The summed E-state index contributed by atoms with van der Waals surface area (Å²) in [5.41, 5.74) is 4.70. The van der Waals surface area contributed by atoms with Crippen LogP contribution in [0, 0.1) is 0 Å². The first-order valence-corrected chi connectivity index (χ1v) is 9.75. The summed E-state index contributed by atoms with van der Waals surface area (Å²) in [6.07, 6.45) is 8.06. The summed E-state index contributed by atoms with van der Waals surface area (Å²) < 4.78 is 6.04. The number of H-pyrrole nitrogens is 1. The lowest BCUT2D eigenvalue weighted by Gasteiger charge is -2.09. The minimum Gasteiger partial charge on any atom is -0.477 e. The van der Waals surface area contributed by atoms with Crippen molar-refractivity contribution >= 4 is 10.9 Å². The number of ether oxygens (including phenoxy) is 1. The molecule has 0 unspecified atom stereocenters. The van der Waals surface area contributed by atoms with Gasteiger partial charge in [-0.05, 0) is 35.9 Å². The fraction of sp³-hybridized carbons (Fsp3) is 0.0833. The molecule has 0 aliphatic carbocycles.